The standard InChI is InChI=1S/C6H12BrNO4S.CH4/c7-5-1-8-2-6(4(5)3-9)13(10,11)12;/h4-6,8-9H,1-3H2,(H,10,11,12);1H4. The molecule has 0 spiro atoms. The first-order valence-electron chi connectivity index (χ1n) is 3.88. The average molecular weight is 290 g/mol. The second-order valence-corrected chi connectivity index (χ2v) is 5.89. The first kappa shape index (κ1) is 14.3. The van der Waals surface area contributed by atoms with E-state index < -0.39 is 21.3 Å². The van der Waals surface area contributed by atoms with Crippen molar-refractivity contribution in [2.45, 2.75) is 17.5 Å². The summed E-state index contributed by atoms with van der Waals surface area (Å²) in [6.07, 6.45) is 0. The van der Waals surface area contributed by atoms with Crippen LogP contribution in [-0.2, 0) is 10.1 Å². The molecule has 3 atom stereocenters. The van der Waals surface area contributed by atoms with Crippen molar-refractivity contribution in [1.82, 2.24) is 5.32 Å². The summed E-state index contributed by atoms with van der Waals surface area (Å²) >= 11 is 3.25. The first-order valence-corrected chi connectivity index (χ1v) is 6.30. The van der Waals surface area contributed by atoms with E-state index >= 15 is 0 Å². The molecule has 3 unspecified atom stereocenters. The zero-order valence-corrected chi connectivity index (χ0v) is 9.25. The summed E-state index contributed by atoms with van der Waals surface area (Å²) in [5.74, 6) is -0.448. The quantitative estimate of drug-likeness (QED) is 0.486. The lowest BCUT2D eigenvalue weighted by Crippen LogP contribution is -2.52. The van der Waals surface area contributed by atoms with Crippen molar-refractivity contribution in [2.75, 3.05) is 19.7 Å². The van der Waals surface area contributed by atoms with Gasteiger partial charge in [0.25, 0.3) is 10.1 Å². The van der Waals surface area contributed by atoms with E-state index in [1.54, 1.807) is 0 Å². The van der Waals surface area contributed by atoms with E-state index in [1.807, 2.05) is 0 Å². The van der Waals surface area contributed by atoms with Gasteiger partial charge in [-0.2, -0.15) is 8.42 Å². The maximum absolute atomic E-state index is 10.9. The molecule has 1 aliphatic rings. The van der Waals surface area contributed by atoms with E-state index in [-0.39, 0.29) is 25.4 Å². The smallest absolute Gasteiger partial charge is 0.269 e. The van der Waals surface area contributed by atoms with Gasteiger partial charge in [0.2, 0.25) is 0 Å². The van der Waals surface area contributed by atoms with Gasteiger partial charge < -0.3 is 10.4 Å². The Morgan fingerprint density at radius 3 is 2.36 bits per heavy atom. The number of rotatable bonds is 2. The molecule has 1 heterocycles. The largest absolute Gasteiger partial charge is 0.396 e. The number of halogens is 1. The Balaban J connectivity index is 0.00000169. The summed E-state index contributed by atoms with van der Waals surface area (Å²) in [7, 11) is -4.07. The summed E-state index contributed by atoms with van der Waals surface area (Å²) < 4.78 is 30.6. The molecule has 0 saturated carbocycles. The van der Waals surface area contributed by atoms with Crippen LogP contribution in [-0.4, -0.2) is 47.9 Å². The highest BCUT2D eigenvalue weighted by molar-refractivity contribution is 9.09. The molecule has 0 radical (unpaired) electrons. The van der Waals surface area contributed by atoms with E-state index in [0.717, 1.165) is 0 Å². The molecule has 3 N–H and O–H groups in total. The van der Waals surface area contributed by atoms with Crippen molar-refractivity contribution in [1.29, 1.82) is 0 Å². The van der Waals surface area contributed by atoms with Gasteiger partial charge in [0.15, 0.2) is 0 Å². The Bertz CT molecular complexity index is 269. The van der Waals surface area contributed by atoms with Gasteiger partial charge in [0.1, 0.15) is 5.25 Å². The number of hydrogen-bond acceptors (Lipinski definition) is 4. The molecule has 7 heteroatoms. The van der Waals surface area contributed by atoms with Crippen LogP contribution < -0.4 is 5.32 Å². The monoisotopic (exact) mass is 289 g/mol. The molecule has 1 fully saturated rings. The third-order valence-electron chi connectivity index (χ3n) is 2.22. The molecule has 0 aromatic heterocycles. The molecule has 0 aromatic rings. The number of piperidine rings is 1. The normalized spacial score (nSPS) is 33.5. The molecule has 0 amide bonds. The highest BCUT2D eigenvalue weighted by atomic mass is 79.9. The van der Waals surface area contributed by atoms with Gasteiger partial charge in [-0.3, -0.25) is 4.55 Å². The van der Waals surface area contributed by atoms with Gasteiger partial charge in [-0.1, -0.05) is 23.4 Å². The van der Waals surface area contributed by atoms with Gasteiger partial charge in [0, 0.05) is 30.4 Å². The Hall–Kier alpha value is 0.310. The van der Waals surface area contributed by atoms with Crippen LogP contribution in [0.4, 0.5) is 0 Å². The van der Waals surface area contributed by atoms with Gasteiger partial charge in [0.05, 0.1) is 0 Å². The summed E-state index contributed by atoms with van der Waals surface area (Å²) in [5.41, 5.74) is 0. The third kappa shape index (κ3) is 3.16. The number of hydrogen-bond donors (Lipinski definition) is 3. The molecular weight excluding hydrogens is 274 g/mol. The minimum absolute atomic E-state index is 0. The van der Waals surface area contributed by atoms with E-state index in [2.05, 4.69) is 21.2 Å². The van der Waals surface area contributed by atoms with Crippen LogP contribution in [0.25, 0.3) is 0 Å². The number of alkyl halides is 1. The van der Waals surface area contributed by atoms with Crippen LogP contribution in [0, 0.1) is 5.92 Å². The van der Waals surface area contributed by atoms with Crippen molar-refractivity contribution < 1.29 is 18.1 Å². The Morgan fingerprint density at radius 2 is 2.00 bits per heavy atom. The molecule has 0 aliphatic carbocycles. The minimum atomic E-state index is -4.07. The van der Waals surface area contributed by atoms with Crippen molar-refractivity contribution in [3.05, 3.63) is 0 Å². The molecule has 86 valence electrons. The van der Waals surface area contributed by atoms with Crippen molar-refractivity contribution in [3.8, 4) is 0 Å². The summed E-state index contributed by atoms with van der Waals surface area (Å²) in [5, 5.41) is 10.9. The average Bonchev–Trinajstić information content (AvgIpc) is 2.02. The molecule has 1 rings (SSSR count). The van der Waals surface area contributed by atoms with Crippen molar-refractivity contribution in [2.24, 2.45) is 5.92 Å². The second kappa shape index (κ2) is 5.41. The summed E-state index contributed by atoms with van der Waals surface area (Å²) in [6.45, 7) is 0.533. The predicted molar refractivity (Wildman–Crippen MR) is 58.2 cm³/mol. The second-order valence-electron chi connectivity index (χ2n) is 3.07. The summed E-state index contributed by atoms with van der Waals surface area (Å²) in [4.78, 5) is -0.127. The van der Waals surface area contributed by atoms with E-state index in [1.165, 1.54) is 0 Å². The van der Waals surface area contributed by atoms with Crippen LogP contribution in [0.3, 0.4) is 0 Å². The molecule has 1 saturated heterocycles. The van der Waals surface area contributed by atoms with Crippen LogP contribution in [0.1, 0.15) is 7.43 Å². The maximum Gasteiger partial charge on any atom is 0.269 e. The van der Waals surface area contributed by atoms with Gasteiger partial charge >= 0.3 is 0 Å². The van der Waals surface area contributed by atoms with E-state index in [0.29, 0.717) is 6.54 Å². The molecule has 1 aliphatic heterocycles. The molecule has 0 bridgehead atoms. The van der Waals surface area contributed by atoms with Crippen LogP contribution in [0.15, 0.2) is 0 Å². The molecule has 0 aromatic carbocycles. The highest BCUT2D eigenvalue weighted by Crippen LogP contribution is 2.23. The fraction of sp³-hybridized carbons (Fsp3) is 1.00. The Labute approximate surface area is 92.8 Å². The van der Waals surface area contributed by atoms with Crippen LogP contribution in [0.2, 0.25) is 0 Å². The number of aliphatic hydroxyl groups is 1. The van der Waals surface area contributed by atoms with Crippen LogP contribution in [0.5, 0.6) is 0 Å². The molecule has 14 heavy (non-hydrogen) atoms. The fourth-order valence-electron chi connectivity index (χ4n) is 1.46. The SMILES string of the molecule is C.O=S(=O)(O)C1CNCC(Br)C1CO. The van der Waals surface area contributed by atoms with Gasteiger partial charge in [-0.05, 0) is 0 Å². The molecule has 5 nitrogen and oxygen atoms in total. The van der Waals surface area contributed by atoms with Crippen molar-refractivity contribution >= 4 is 26.0 Å². The maximum atomic E-state index is 10.9. The minimum Gasteiger partial charge on any atom is -0.396 e. The zero-order valence-electron chi connectivity index (χ0n) is 6.85. The topological polar surface area (TPSA) is 86.6 Å². The van der Waals surface area contributed by atoms with Crippen molar-refractivity contribution in [3.63, 3.8) is 0 Å². The zero-order chi connectivity index (χ0) is 10.1. The molecular formula is C7H16BrNO4S. The predicted octanol–water partition coefficient (Wildman–Crippen LogP) is -0.146. The summed E-state index contributed by atoms with van der Waals surface area (Å²) in [6, 6.07) is 0. The van der Waals surface area contributed by atoms with E-state index in [9.17, 15) is 8.42 Å². The fourth-order valence-corrected chi connectivity index (χ4v) is 3.47. The van der Waals surface area contributed by atoms with Gasteiger partial charge in [-0.25, -0.2) is 0 Å². The third-order valence-corrected chi connectivity index (χ3v) is 4.50. The Kier molecular flexibility index (Phi) is 5.53. The lowest BCUT2D eigenvalue weighted by molar-refractivity contribution is 0.200. The van der Waals surface area contributed by atoms with Gasteiger partial charge in [-0.15, -0.1) is 0 Å². The lowest BCUT2D eigenvalue weighted by Gasteiger charge is -2.32. The number of aliphatic hydroxyl groups excluding tert-OH is 1. The number of nitrogens with one attached hydrogen (secondary N) is 1. The Morgan fingerprint density at radius 1 is 1.43 bits per heavy atom. The van der Waals surface area contributed by atoms with Crippen LogP contribution >= 0.6 is 15.9 Å². The lowest BCUT2D eigenvalue weighted by atomic mass is 9.99. The first-order chi connectivity index (χ1) is 5.96. The highest BCUT2D eigenvalue weighted by Gasteiger charge is 2.38. The van der Waals surface area contributed by atoms with E-state index in [4.69, 9.17) is 9.66 Å².